The second-order valence-corrected chi connectivity index (χ2v) is 6.01. The normalized spacial score (nSPS) is 10.4. The fraction of sp³-hybridized carbons (Fsp3) is 0.200. The van der Waals surface area contributed by atoms with E-state index in [4.69, 9.17) is 0 Å². The van der Waals surface area contributed by atoms with Crippen molar-refractivity contribution in [3.63, 3.8) is 0 Å². The molecule has 0 aliphatic carbocycles. The van der Waals surface area contributed by atoms with Gasteiger partial charge < -0.3 is 4.90 Å². The predicted molar refractivity (Wildman–Crippen MR) is 73.9 cm³/mol. The Morgan fingerprint density at radius 2 is 2.12 bits per heavy atom. The molecule has 3 nitrogen and oxygen atoms in total. The Labute approximate surface area is 115 Å². The third-order valence-electron chi connectivity index (χ3n) is 2.03. The average molecular weight is 363 g/mol. The molecule has 16 heavy (non-hydrogen) atoms. The molecule has 0 unspecified atom stereocenters. The molecule has 0 saturated heterocycles. The minimum atomic E-state index is 0.803. The molecule has 84 valence electrons. The van der Waals surface area contributed by atoms with E-state index >= 15 is 0 Å². The number of aromatic nitrogens is 2. The summed E-state index contributed by atoms with van der Waals surface area (Å²) >= 11 is 8.52. The van der Waals surface area contributed by atoms with Crippen molar-refractivity contribution in [2.75, 3.05) is 11.9 Å². The van der Waals surface area contributed by atoms with Gasteiger partial charge in [-0.25, -0.2) is 9.97 Å². The van der Waals surface area contributed by atoms with Crippen LogP contribution in [0.25, 0.3) is 0 Å². The van der Waals surface area contributed by atoms with E-state index in [9.17, 15) is 0 Å². The third kappa shape index (κ3) is 3.02. The van der Waals surface area contributed by atoms with Crippen molar-refractivity contribution in [2.24, 2.45) is 0 Å². The molecule has 0 aliphatic heterocycles. The molecule has 6 heteroatoms. The summed E-state index contributed by atoms with van der Waals surface area (Å²) in [5, 5.41) is 2.08. The number of hydrogen-bond donors (Lipinski definition) is 0. The van der Waals surface area contributed by atoms with E-state index in [1.54, 1.807) is 17.7 Å². The van der Waals surface area contributed by atoms with Gasteiger partial charge >= 0.3 is 0 Å². The van der Waals surface area contributed by atoms with Crippen LogP contribution < -0.4 is 4.90 Å². The summed E-state index contributed by atoms with van der Waals surface area (Å²) in [5.74, 6) is 0.909. The highest BCUT2D eigenvalue weighted by atomic mass is 79.9. The minimum Gasteiger partial charge on any atom is -0.354 e. The summed E-state index contributed by atoms with van der Waals surface area (Å²) in [6.07, 6.45) is 1.56. The fourth-order valence-corrected chi connectivity index (χ4v) is 3.08. The smallest absolute Gasteiger partial charge is 0.133 e. The summed E-state index contributed by atoms with van der Waals surface area (Å²) in [5.41, 5.74) is 0. The molecule has 2 rings (SSSR count). The second-order valence-electron chi connectivity index (χ2n) is 3.29. The van der Waals surface area contributed by atoms with Gasteiger partial charge in [-0.2, -0.15) is 0 Å². The zero-order valence-corrected chi connectivity index (χ0v) is 12.5. The third-order valence-corrected chi connectivity index (χ3v) is 4.14. The lowest BCUT2D eigenvalue weighted by Gasteiger charge is -2.16. The van der Waals surface area contributed by atoms with Crippen molar-refractivity contribution in [3.05, 3.63) is 37.8 Å². The van der Waals surface area contributed by atoms with E-state index in [0.29, 0.717) is 0 Å². The fourth-order valence-electron chi connectivity index (χ4n) is 1.28. The monoisotopic (exact) mass is 361 g/mol. The molecule has 0 aliphatic rings. The van der Waals surface area contributed by atoms with Crippen LogP contribution in [0.2, 0.25) is 0 Å². The average Bonchev–Trinajstić information content (AvgIpc) is 2.64. The zero-order chi connectivity index (χ0) is 11.5. The molecule has 0 atom stereocenters. The summed E-state index contributed by atoms with van der Waals surface area (Å²) in [7, 11) is 2.02. The molecule has 2 aromatic rings. The van der Waals surface area contributed by atoms with Crippen LogP contribution in [0.5, 0.6) is 0 Å². The molecule has 0 bridgehead atoms. The lowest BCUT2D eigenvalue weighted by Crippen LogP contribution is -2.16. The quantitative estimate of drug-likeness (QED) is 0.779. The number of thiophene rings is 1. The molecule has 0 saturated carbocycles. The van der Waals surface area contributed by atoms with Gasteiger partial charge in [0, 0.05) is 27.8 Å². The lowest BCUT2D eigenvalue weighted by molar-refractivity contribution is 0.901. The molecular formula is C10H9Br2N3S. The van der Waals surface area contributed by atoms with Crippen molar-refractivity contribution in [1.29, 1.82) is 0 Å². The topological polar surface area (TPSA) is 29.0 Å². The first kappa shape index (κ1) is 12.0. The maximum absolute atomic E-state index is 4.22. The Bertz CT molecular complexity index is 486. The van der Waals surface area contributed by atoms with Crippen LogP contribution in [0.4, 0.5) is 5.82 Å². The zero-order valence-electron chi connectivity index (χ0n) is 8.52. The first-order valence-corrected chi connectivity index (χ1v) is 7.03. The summed E-state index contributed by atoms with van der Waals surface area (Å²) < 4.78 is 1.93. The molecule has 0 amide bonds. The first-order chi connectivity index (χ1) is 7.65. The number of rotatable bonds is 3. The SMILES string of the molecule is CN(Cc1cc(Br)cs1)c1cc(Br)ncn1. The van der Waals surface area contributed by atoms with Crippen LogP contribution in [0.1, 0.15) is 4.88 Å². The van der Waals surface area contributed by atoms with Crippen LogP contribution in [-0.4, -0.2) is 17.0 Å². The van der Waals surface area contributed by atoms with Crippen LogP contribution in [0.3, 0.4) is 0 Å². The summed E-state index contributed by atoms with van der Waals surface area (Å²) in [4.78, 5) is 11.6. The molecule has 2 heterocycles. The van der Waals surface area contributed by atoms with E-state index < -0.39 is 0 Å². The Balaban J connectivity index is 2.11. The van der Waals surface area contributed by atoms with Gasteiger partial charge in [-0.1, -0.05) is 0 Å². The van der Waals surface area contributed by atoms with Crippen LogP contribution >= 0.6 is 43.2 Å². The molecule has 0 radical (unpaired) electrons. The summed E-state index contributed by atoms with van der Waals surface area (Å²) in [6.45, 7) is 0.847. The standard InChI is InChI=1S/C10H9Br2N3S/c1-15(4-8-2-7(11)5-16-8)10-3-9(12)13-6-14-10/h2-3,5-6H,4H2,1H3. The molecule has 2 aromatic heterocycles. The van der Waals surface area contributed by atoms with Crippen LogP contribution in [0, 0.1) is 0 Å². The van der Waals surface area contributed by atoms with Crippen LogP contribution in [0.15, 0.2) is 32.9 Å². The van der Waals surface area contributed by atoms with Crippen molar-refractivity contribution in [1.82, 2.24) is 9.97 Å². The van der Waals surface area contributed by atoms with Gasteiger partial charge in [0.15, 0.2) is 0 Å². The molecule has 0 N–H and O–H groups in total. The molecular weight excluding hydrogens is 354 g/mol. The van der Waals surface area contributed by atoms with Crippen molar-refractivity contribution in [3.8, 4) is 0 Å². The largest absolute Gasteiger partial charge is 0.354 e. The number of anilines is 1. The van der Waals surface area contributed by atoms with Gasteiger partial charge in [-0.15, -0.1) is 11.3 Å². The minimum absolute atomic E-state index is 0.803. The predicted octanol–water partition coefficient (Wildman–Crippen LogP) is 3.70. The molecule has 0 aromatic carbocycles. The highest BCUT2D eigenvalue weighted by Crippen LogP contribution is 2.22. The molecule has 0 spiro atoms. The van der Waals surface area contributed by atoms with E-state index in [-0.39, 0.29) is 0 Å². The number of halogens is 2. The highest BCUT2D eigenvalue weighted by molar-refractivity contribution is 9.10. The Morgan fingerprint density at radius 3 is 2.75 bits per heavy atom. The summed E-state index contributed by atoms with van der Waals surface area (Å²) in [6, 6.07) is 4.03. The van der Waals surface area contributed by atoms with E-state index in [1.807, 2.05) is 13.1 Å². The van der Waals surface area contributed by atoms with Gasteiger partial charge in [0.1, 0.15) is 16.7 Å². The first-order valence-electron chi connectivity index (χ1n) is 4.57. The van der Waals surface area contributed by atoms with Gasteiger partial charge in [-0.3, -0.25) is 0 Å². The lowest BCUT2D eigenvalue weighted by atomic mass is 10.4. The Hall–Kier alpha value is -0.460. The second kappa shape index (κ2) is 5.25. The maximum Gasteiger partial charge on any atom is 0.133 e. The van der Waals surface area contributed by atoms with Gasteiger partial charge in [0.05, 0.1) is 6.54 Å². The van der Waals surface area contributed by atoms with Gasteiger partial charge in [0.2, 0.25) is 0 Å². The molecule has 0 fully saturated rings. The van der Waals surface area contributed by atoms with E-state index in [2.05, 4.69) is 58.2 Å². The van der Waals surface area contributed by atoms with Crippen molar-refractivity contribution >= 4 is 49.0 Å². The Kier molecular flexibility index (Phi) is 3.94. The van der Waals surface area contributed by atoms with Gasteiger partial charge in [-0.05, 0) is 37.9 Å². The highest BCUT2D eigenvalue weighted by Gasteiger charge is 2.06. The van der Waals surface area contributed by atoms with Crippen LogP contribution in [-0.2, 0) is 6.54 Å². The number of nitrogens with zero attached hydrogens (tertiary/aromatic N) is 3. The van der Waals surface area contributed by atoms with E-state index in [0.717, 1.165) is 21.4 Å². The maximum atomic E-state index is 4.22. The number of hydrogen-bond acceptors (Lipinski definition) is 4. The van der Waals surface area contributed by atoms with E-state index in [1.165, 1.54) is 4.88 Å². The van der Waals surface area contributed by atoms with Crippen molar-refractivity contribution < 1.29 is 0 Å². The Morgan fingerprint density at radius 1 is 1.31 bits per heavy atom. The van der Waals surface area contributed by atoms with Gasteiger partial charge in [0.25, 0.3) is 0 Å². The van der Waals surface area contributed by atoms with Crippen molar-refractivity contribution in [2.45, 2.75) is 6.54 Å².